The summed E-state index contributed by atoms with van der Waals surface area (Å²) in [4.78, 5) is 19.8. The Balaban J connectivity index is 1.42. The number of ether oxygens (including phenoxy) is 2. The van der Waals surface area contributed by atoms with E-state index in [1.165, 1.54) is 0 Å². The number of anilines is 1. The van der Waals surface area contributed by atoms with E-state index >= 15 is 0 Å². The first kappa shape index (κ1) is 19.5. The van der Waals surface area contributed by atoms with E-state index in [0.29, 0.717) is 13.1 Å². The third kappa shape index (κ3) is 4.29. The van der Waals surface area contributed by atoms with Crippen LogP contribution in [0.5, 0.6) is 11.5 Å². The fourth-order valence-electron chi connectivity index (χ4n) is 3.70. The molecule has 0 radical (unpaired) electrons. The van der Waals surface area contributed by atoms with Gasteiger partial charge >= 0.3 is 0 Å². The summed E-state index contributed by atoms with van der Waals surface area (Å²) in [7, 11) is 3.31. The molecule has 0 saturated carbocycles. The van der Waals surface area contributed by atoms with E-state index in [1.807, 2.05) is 42.5 Å². The maximum absolute atomic E-state index is 12.8. The van der Waals surface area contributed by atoms with Gasteiger partial charge in [-0.15, -0.1) is 0 Å². The Bertz CT molecular complexity index is 1000. The quantitative estimate of drug-likeness (QED) is 0.668. The van der Waals surface area contributed by atoms with Crippen molar-refractivity contribution < 1.29 is 14.3 Å². The lowest BCUT2D eigenvalue weighted by Crippen LogP contribution is -2.43. The molecule has 1 fully saturated rings. The molecule has 2 heterocycles. The van der Waals surface area contributed by atoms with Crippen molar-refractivity contribution in [2.24, 2.45) is 5.92 Å². The van der Waals surface area contributed by atoms with Crippen molar-refractivity contribution in [1.29, 1.82) is 0 Å². The molecule has 1 aliphatic rings. The van der Waals surface area contributed by atoms with Crippen LogP contribution in [0, 0.1) is 5.92 Å². The number of benzene rings is 2. The van der Waals surface area contributed by atoms with Crippen LogP contribution in [0.1, 0.15) is 18.4 Å². The van der Waals surface area contributed by atoms with E-state index in [0.717, 1.165) is 51.8 Å². The second-order valence-electron chi connectivity index (χ2n) is 7.14. The number of carbonyl (C=O) groups excluding carboxylic acids is 1. The van der Waals surface area contributed by atoms with E-state index in [2.05, 4.69) is 10.2 Å². The van der Waals surface area contributed by atoms with E-state index in [9.17, 15) is 4.79 Å². The van der Waals surface area contributed by atoms with Crippen LogP contribution in [0.25, 0.3) is 10.2 Å². The van der Waals surface area contributed by atoms with Gasteiger partial charge in [0.2, 0.25) is 5.91 Å². The molecule has 2 aromatic carbocycles. The molecule has 6 nitrogen and oxygen atoms in total. The lowest BCUT2D eigenvalue weighted by molar-refractivity contribution is -0.125. The zero-order valence-electron chi connectivity index (χ0n) is 16.7. The number of fused-ring (bicyclic) bond motifs is 1. The minimum atomic E-state index is -0.0417. The lowest BCUT2D eigenvalue weighted by Gasteiger charge is -2.31. The molecule has 0 unspecified atom stereocenters. The van der Waals surface area contributed by atoms with Crippen molar-refractivity contribution in [2.45, 2.75) is 19.4 Å². The number of aromatic nitrogens is 1. The van der Waals surface area contributed by atoms with Crippen LogP contribution in [-0.4, -0.2) is 38.2 Å². The number of piperidine rings is 1. The number of rotatable bonds is 6. The fourth-order valence-corrected chi connectivity index (χ4v) is 4.72. The molecule has 1 aliphatic heterocycles. The highest BCUT2D eigenvalue weighted by atomic mass is 32.1. The predicted octanol–water partition coefficient (Wildman–Crippen LogP) is 3.85. The van der Waals surface area contributed by atoms with Crippen LogP contribution in [0.4, 0.5) is 5.13 Å². The Labute approximate surface area is 174 Å². The maximum Gasteiger partial charge on any atom is 0.225 e. The molecule has 1 amide bonds. The number of nitrogens with one attached hydrogen (secondary N) is 1. The fraction of sp³-hybridized carbons (Fsp3) is 0.364. The molecule has 7 heteroatoms. The SMILES string of the molecule is COc1ccc2nc(N3CCC[C@@H](C(=O)NCc4ccccc4OC)C3)sc2c1. The summed E-state index contributed by atoms with van der Waals surface area (Å²) in [6.45, 7) is 2.09. The molecule has 0 spiro atoms. The van der Waals surface area contributed by atoms with E-state index in [-0.39, 0.29) is 11.8 Å². The van der Waals surface area contributed by atoms with Gasteiger partial charge in [0.25, 0.3) is 0 Å². The van der Waals surface area contributed by atoms with Gasteiger partial charge in [-0.05, 0) is 37.1 Å². The highest BCUT2D eigenvalue weighted by molar-refractivity contribution is 7.22. The summed E-state index contributed by atoms with van der Waals surface area (Å²) in [5, 5.41) is 4.05. The van der Waals surface area contributed by atoms with Crippen molar-refractivity contribution in [2.75, 3.05) is 32.2 Å². The normalized spacial score (nSPS) is 16.6. The van der Waals surface area contributed by atoms with Gasteiger partial charge in [-0.1, -0.05) is 29.5 Å². The molecule has 3 aromatic rings. The van der Waals surface area contributed by atoms with Crippen LogP contribution in [0.2, 0.25) is 0 Å². The largest absolute Gasteiger partial charge is 0.497 e. The highest BCUT2D eigenvalue weighted by Gasteiger charge is 2.27. The Morgan fingerprint density at radius 1 is 1.24 bits per heavy atom. The number of thiazole rings is 1. The Kier molecular flexibility index (Phi) is 5.85. The van der Waals surface area contributed by atoms with Gasteiger partial charge in [-0.2, -0.15) is 0 Å². The third-order valence-corrected chi connectivity index (χ3v) is 6.37. The van der Waals surface area contributed by atoms with Gasteiger partial charge < -0.3 is 19.7 Å². The molecule has 29 heavy (non-hydrogen) atoms. The van der Waals surface area contributed by atoms with Crippen molar-refractivity contribution in [3.63, 3.8) is 0 Å². The average molecular weight is 412 g/mol. The molecule has 0 bridgehead atoms. The molecule has 4 rings (SSSR count). The van der Waals surface area contributed by atoms with Gasteiger partial charge in [0.1, 0.15) is 11.5 Å². The summed E-state index contributed by atoms with van der Waals surface area (Å²) in [5.74, 6) is 1.67. The molecule has 1 saturated heterocycles. The molecule has 1 atom stereocenters. The number of carbonyl (C=O) groups is 1. The minimum absolute atomic E-state index is 0.0417. The number of para-hydroxylation sites is 1. The van der Waals surface area contributed by atoms with Gasteiger partial charge in [0.15, 0.2) is 5.13 Å². The number of methoxy groups -OCH3 is 2. The first-order valence-electron chi connectivity index (χ1n) is 9.77. The minimum Gasteiger partial charge on any atom is -0.497 e. The lowest BCUT2D eigenvalue weighted by atomic mass is 9.97. The zero-order valence-corrected chi connectivity index (χ0v) is 17.5. The average Bonchev–Trinajstić information content (AvgIpc) is 3.21. The second-order valence-corrected chi connectivity index (χ2v) is 8.15. The van der Waals surface area contributed by atoms with Crippen LogP contribution in [-0.2, 0) is 11.3 Å². The topological polar surface area (TPSA) is 63.7 Å². The summed E-state index contributed by atoms with van der Waals surface area (Å²) in [6.07, 6.45) is 1.87. The summed E-state index contributed by atoms with van der Waals surface area (Å²) < 4.78 is 11.8. The van der Waals surface area contributed by atoms with Crippen LogP contribution in [0.3, 0.4) is 0 Å². The molecule has 1 aromatic heterocycles. The summed E-state index contributed by atoms with van der Waals surface area (Å²) in [6, 6.07) is 13.7. The zero-order chi connectivity index (χ0) is 20.2. The van der Waals surface area contributed by atoms with Crippen molar-refractivity contribution in [3.05, 3.63) is 48.0 Å². The number of hydrogen-bond donors (Lipinski definition) is 1. The Morgan fingerprint density at radius 2 is 2.10 bits per heavy atom. The smallest absolute Gasteiger partial charge is 0.225 e. The van der Waals surface area contributed by atoms with E-state index < -0.39 is 0 Å². The molecular formula is C22H25N3O3S. The first-order valence-corrected chi connectivity index (χ1v) is 10.6. The Morgan fingerprint density at radius 3 is 2.93 bits per heavy atom. The third-order valence-electron chi connectivity index (χ3n) is 5.29. The Hall–Kier alpha value is -2.80. The summed E-state index contributed by atoms with van der Waals surface area (Å²) in [5.41, 5.74) is 1.95. The molecular weight excluding hydrogens is 386 g/mol. The van der Waals surface area contributed by atoms with E-state index in [1.54, 1.807) is 25.6 Å². The number of hydrogen-bond acceptors (Lipinski definition) is 6. The van der Waals surface area contributed by atoms with Gasteiger partial charge in [-0.25, -0.2) is 4.98 Å². The van der Waals surface area contributed by atoms with Gasteiger partial charge in [0, 0.05) is 25.2 Å². The summed E-state index contributed by atoms with van der Waals surface area (Å²) >= 11 is 1.65. The molecule has 1 N–H and O–H groups in total. The number of nitrogens with zero attached hydrogens (tertiary/aromatic N) is 2. The molecule has 152 valence electrons. The predicted molar refractivity (Wildman–Crippen MR) is 116 cm³/mol. The first-order chi connectivity index (χ1) is 14.2. The van der Waals surface area contributed by atoms with Crippen LogP contribution in [0.15, 0.2) is 42.5 Å². The monoisotopic (exact) mass is 411 g/mol. The number of amides is 1. The van der Waals surface area contributed by atoms with Crippen molar-refractivity contribution in [1.82, 2.24) is 10.3 Å². The van der Waals surface area contributed by atoms with Crippen LogP contribution < -0.4 is 19.7 Å². The molecule has 0 aliphatic carbocycles. The second kappa shape index (κ2) is 8.69. The standard InChI is InChI=1S/C22H25N3O3S/c1-27-17-9-10-18-20(12-17)29-22(24-18)25-11-5-7-16(14-25)21(26)23-13-15-6-3-4-8-19(15)28-2/h3-4,6,8-10,12,16H,5,7,11,13-14H2,1-2H3,(H,23,26)/t16-/m1/s1. The van der Waals surface area contributed by atoms with Crippen molar-refractivity contribution >= 4 is 32.6 Å². The van der Waals surface area contributed by atoms with E-state index in [4.69, 9.17) is 14.5 Å². The van der Waals surface area contributed by atoms with Gasteiger partial charge in [0.05, 0.1) is 30.4 Å². The maximum atomic E-state index is 12.8. The highest BCUT2D eigenvalue weighted by Crippen LogP contribution is 2.33. The van der Waals surface area contributed by atoms with Crippen LogP contribution >= 0.6 is 11.3 Å². The van der Waals surface area contributed by atoms with Gasteiger partial charge in [-0.3, -0.25) is 4.79 Å². The van der Waals surface area contributed by atoms with Crippen molar-refractivity contribution in [3.8, 4) is 11.5 Å².